The van der Waals surface area contributed by atoms with Gasteiger partial charge in [0.15, 0.2) is 0 Å². The van der Waals surface area contributed by atoms with Gasteiger partial charge in [0.1, 0.15) is 10.7 Å². The predicted octanol–water partition coefficient (Wildman–Crippen LogP) is 4.02. The van der Waals surface area contributed by atoms with Gasteiger partial charge < -0.3 is 4.84 Å². The highest BCUT2D eigenvalue weighted by Crippen LogP contribution is 2.31. The summed E-state index contributed by atoms with van der Waals surface area (Å²) in [7, 11) is 0. The van der Waals surface area contributed by atoms with E-state index in [2.05, 4.69) is 26.0 Å². The molecule has 0 aliphatic carbocycles. The van der Waals surface area contributed by atoms with Crippen molar-refractivity contribution in [2.45, 2.75) is 31.7 Å². The number of halogens is 4. The van der Waals surface area contributed by atoms with Gasteiger partial charge in [-0.05, 0) is 46.6 Å². The van der Waals surface area contributed by atoms with Crippen molar-refractivity contribution in [3.05, 3.63) is 35.4 Å². The zero-order valence-electron chi connectivity index (χ0n) is 11.8. The maximum atomic E-state index is 12.5. The average molecular weight is 377 g/mol. The number of nitrogens with zero attached hydrogens (tertiary/aromatic N) is 2. The molecule has 1 saturated heterocycles. The summed E-state index contributed by atoms with van der Waals surface area (Å²) in [5.74, 6) is 0.424. The molecule has 2 aliphatic rings. The fraction of sp³-hybridized carbons (Fsp3) is 0.533. The third-order valence-corrected chi connectivity index (χ3v) is 4.65. The molecule has 0 spiro atoms. The van der Waals surface area contributed by atoms with Crippen LogP contribution in [0.25, 0.3) is 0 Å². The molecule has 120 valence electrons. The van der Waals surface area contributed by atoms with Crippen molar-refractivity contribution in [3.63, 3.8) is 0 Å². The van der Waals surface area contributed by atoms with E-state index in [-0.39, 0.29) is 6.10 Å². The highest BCUT2D eigenvalue weighted by atomic mass is 79.9. The van der Waals surface area contributed by atoms with Gasteiger partial charge in [0.2, 0.25) is 0 Å². The van der Waals surface area contributed by atoms with Gasteiger partial charge >= 0.3 is 6.18 Å². The molecule has 0 radical (unpaired) electrons. The summed E-state index contributed by atoms with van der Waals surface area (Å²) in [4.78, 5) is 7.64. The fourth-order valence-corrected chi connectivity index (χ4v) is 3.39. The lowest BCUT2D eigenvalue weighted by atomic mass is 10.00. The van der Waals surface area contributed by atoms with Gasteiger partial charge in [-0.2, -0.15) is 13.2 Å². The molecule has 7 heteroatoms. The molecule has 1 aromatic rings. The van der Waals surface area contributed by atoms with E-state index in [1.54, 1.807) is 12.1 Å². The summed E-state index contributed by atoms with van der Waals surface area (Å²) in [6.07, 6.45) is -2.32. The minimum atomic E-state index is -4.27. The zero-order valence-corrected chi connectivity index (χ0v) is 13.4. The molecule has 2 atom stereocenters. The number of alkyl halides is 3. The first-order valence-corrected chi connectivity index (χ1v) is 7.98. The summed E-state index contributed by atoms with van der Waals surface area (Å²) in [5, 5.41) is 3.91. The van der Waals surface area contributed by atoms with E-state index in [9.17, 15) is 13.2 Å². The standard InChI is InChI=1S/C15H16BrF3N2O/c16-14-7-13(22-20-14)11-5-6-21(9-11)8-10-1-3-12(4-2-10)15(17,18)19/h1-4,11,13H,5-9H2/t11-,13-/m1/s1. The fourth-order valence-electron chi connectivity index (χ4n) is 2.99. The monoisotopic (exact) mass is 376 g/mol. The summed E-state index contributed by atoms with van der Waals surface area (Å²) < 4.78 is 38.5. The van der Waals surface area contributed by atoms with Crippen LogP contribution in [0.3, 0.4) is 0 Å². The summed E-state index contributed by atoms with van der Waals surface area (Å²) in [6.45, 7) is 2.49. The maximum Gasteiger partial charge on any atom is 0.416 e. The van der Waals surface area contributed by atoms with Crippen LogP contribution in [0.1, 0.15) is 24.0 Å². The first kappa shape index (κ1) is 15.8. The SMILES string of the molecule is FC(F)(F)c1ccc(CN2CC[C@@H]([C@H]3CC(Br)=NO3)C2)cc1. The Balaban J connectivity index is 1.54. The molecule has 3 nitrogen and oxygen atoms in total. The number of rotatable bonds is 3. The van der Waals surface area contributed by atoms with Gasteiger partial charge in [0.05, 0.1) is 5.56 Å². The van der Waals surface area contributed by atoms with Crippen LogP contribution in [0.4, 0.5) is 13.2 Å². The number of likely N-dealkylation sites (tertiary alicyclic amines) is 1. The van der Waals surface area contributed by atoms with Crippen LogP contribution in [0.5, 0.6) is 0 Å². The number of hydrogen-bond acceptors (Lipinski definition) is 3. The minimum absolute atomic E-state index is 0.118. The van der Waals surface area contributed by atoms with E-state index < -0.39 is 11.7 Å². The van der Waals surface area contributed by atoms with E-state index >= 15 is 0 Å². The van der Waals surface area contributed by atoms with Crippen molar-refractivity contribution < 1.29 is 18.0 Å². The van der Waals surface area contributed by atoms with Crippen LogP contribution >= 0.6 is 15.9 Å². The second-order valence-corrected chi connectivity index (χ2v) is 6.71. The molecule has 1 aromatic carbocycles. The Morgan fingerprint density at radius 2 is 2.00 bits per heavy atom. The molecule has 0 amide bonds. The van der Waals surface area contributed by atoms with Crippen LogP contribution in [0.2, 0.25) is 0 Å². The number of benzene rings is 1. The van der Waals surface area contributed by atoms with Gasteiger partial charge in [-0.25, -0.2) is 0 Å². The molecule has 0 unspecified atom stereocenters. The Morgan fingerprint density at radius 1 is 1.27 bits per heavy atom. The van der Waals surface area contributed by atoms with Crippen LogP contribution in [0.15, 0.2) is 29.4 Å². The van der Waals surface area contributed by atoms with E-state index in [4.69, 9.17) is 4.84 Å². The second kappa shape index (κ2) is 6.20. The average Bonchev–Trinajstić information content (AvgIpc) is 3.07. The molecule has 3 rings (SSSR count). The predicted molar refractivity (Wildman–Crippen MR) is 80.7 cm³/mol. The van der Waals surface area contributed by atoms with Crippen LogP contribution in [-0.4, -0.2) is 28.7 Å². The second-order valence-electron chi connectivity index (χ2n) is 5.79. The van der Waals surface area contributed by atoms with E-state index in [1.165, 1.54) is 0 Å². The molecule has 0 N–H and O–H groups in total. The molecule has 2 aliphatic heterocycles. The van der Waals surface area contributed by atoms with Crippen molar-refractivity contribution in [1.82, 2.24) is 4.90 Å². The van der Waals surface area contributed by atoms with Gasteiger partial charge in [0, 0.05) is 25.4 Å². The van der Waals surface area contributed by atoms with Crippen molar-refractivity contribution in [3.8, 4) is 0 Å². The lowest BCUT2D eigenvalue weighted by Crippen LogP contribution is -2.25. The highest BCUT2D eigenvalue weighted by molar-refractivity contribution is 9.18. The van der Waals surface area contributed by atoms with Gasteiger partial charge in [-0.1, -0.05) is 17.3 Å². The van der Waals surface area contributed by atoms with Crippen molar-refractivity contribution in [2.24, 2.45) is 11.1 Å². The Hall–Kier alpha value is -1.08. The topological polar surface area (TPSA) is 24.8 Å². The quantitative estimate of drug-likeness (QED) is 0.795. The normalized spacial score (nSPS) is 26.1. The highest BCUT2D eigenvalue weighted by Gasteiger charge is 2.34. The van der Waals surface area contributed by atoms with Gasteiger partial charge in [0.25, 0.3) is 0 Å². The van der Waals surface area contributed by atoms with Crippen molar-refractivity contribution in [2.75, 3.05) is 13.1 Å². The molecular weight excluding hydrogens is 361 g/mol. The summed E-state index contributed by atoms with van der Waals surface area (Å²) in [6, 6.07) is 5.41. The Kier molecular flexibility index (Phi) is 4.45. The molecule has 1 fully saturated rings. The zero-order chi connectivity index (χ0) is 15.7. The summed E-state index contributed by atoms with van der Waals surface area (Å²) >= 11 is 3.34. The minimum Gasteiger partial charge on any atom is -0.391 e. The molecule has 22 heavy (non-hydrogen) atoms. The molecule has 0 saturated carbocycles. The van der Waals surface area contributed by atoms with Crippen LogP contribution < -0.4 is 0 Å². The first-order valence-electron chi connectivity index (χ1n) is 7.18. The molecule has 0 bridgehead atoms. The maximum absolute atomic E-state index is 12.5. The van der Waals surface area contributed by atoms with Crippen LogP contribution in [0, 0.1) is 5.92 Å². The smallest absolute Gasteiger partial charge is 0.391 e. The number of hydrogen-bond donors (Lipinski definition) is 0. The van der Waals surface area contributed by atoms with Crippen LogP contribution in [-0.2, 0) is 17.6 Å². The third-order valence-electron chi connectivity index (χ3n) is 4.18. The van der Waals surface area contributed by atoms with Crippen molar-refractivity contribution in [1.29, 1.82) is 0 Å². The third kappa shape index (κ3) is 3.63. The lowest BCUT2D eigenvalue weighted by Gasteiger charge is -2.18. The number of oxime groups is 1. The van der Waals surface area contributed by atoms with Crippen molar-refractivity contribution >= 4 is 20.6 Å². The van der Waals surface area contributed by atoms with E-state index in [0.29, 0.717) is 12.5 Å². The Morgan fingerprint density at radius 3 is 2.59 bits per heavy atom. The largest absolute Gasteiger partial charge is 0.416 e. The van der Waals surface area contributed by atoms with E-state index in [0.717, 1.165) is 48.2 Å². The van der Waals surface area contributed by atoms with E-state index in [1.807, 2.05) is 0 Å². The Labute approximate surface area is 135 Å². The summed E-state index contributed by atoms with van der Waals surface area (Å²) in [5.41, 5.74) is 0.301. The first-order chi connectivity index (χ1) is 10.4. The van der Waals surface area contributed by atoms with Gasteiger partial charge in [-0.15, -0.1) is 0 Å². The van der Waals surface area contributed by atoms with Gasteiger partial charge in [-0.3, -0.25) is 4.90 Å². The Bertz CT molecular complexity index is 559. The molecule has 2 heterocycles. The lowest BCUT2D eigenvalue weighted by molar-refractivity contribution is -0.137. The molecule has 0 aromatic heterocycles. The molecular formula is C15H16BrF3N2O.